The van der Waals surface area contributed by atoms with Gasteiger partial charge in [-0.1, -0.05) is 48.0 Å². The molecule has 1 heterocycles. The molecule has 0 N–H and O–H groups in total. The quantitative estimate of drug-likeness (QED) is 0.485. The van der Waals surface area contributed by atoms with Gasteiger partial charge in [0.05, 0.1) is 15.8 Å². The fraction of sp³-hybridized carbons (Fsp3) is 0.0870. The minimum absolute atomic E-state index is 0.0432. The van der Waals surface area contributed by atoms with Gasteiger partial charge in [0.25, 0.3) is 0 Å². The van der Waals surface area contributed by atoms with Crippen LogP contribution in [-0.4, -0.2) is 13.0 Å². The first kappa shape index (κ1) is 20.0. The third-order valence-electron chi connectivity index (χ3n) is 4.91. The van der Waals surface area contributed by atoms with Crippen LogP contribution < -0.4 is 5.43 Å². The lowest BCUT2D eigenvalue weighted by atomic mass is 10.1. The van der Waals surface area contributed by atoms with Crippen LogP contribution in [0.25, 0.3) is 10.9 Å². The van der Waals surface area contributed by atoms with Crippen LogP contribution in [0.4, 0.5) is 8.78 Å². The van der Waals surface area contributed by atoms with Gasteiger partial charge in [-0.15, -0.1) is 0 Å². The minimum atomic E-state index is -4.17. The lowest BCUT2D eigenvalue weighted by Crippen LogP contribution is -2.20. The first-order chi connectivity index (χ1) is 14.3. The Morgan fingerprint density at radius 1 is 0.900 bits per heavy atom. The molecule has 0 aliphatic rings. The number of hydrogen-bond acceptors (Lipinski definition) is 3. The van der Waals surface area contributed by atoms with E-state index in [0.29, 0.717) is 0 Å². The Hall–Kier alpha value is -3.32. The maximum Gasteiger partial charge on any atom is 0.211 e. The van der Waals surface area contributed by atoms with Gasteiger partial charge in [0.15, 0.2) is 11.6 Å². The third kappa shape index (κ3) is 3.52. The highest BCUT2D eigenvalue weighted by molar-refractivity contribution is 7.91. The minimum Gasteiger partial charge on any atom is -0.341 e. The molecule has 4 nitrogen and oxygen atoms in total. The van der Waals surface area contributed by atoms with Gasteiger partial charge in [0, 0.05) is 18.8 Å². The van der Waals surface area contributed by atoms with E-state index >= 15 is 0 Å². The lowest BCUT2D eigenvalue weighted by molar-refractivity contribution is 0.510. The maximum atomic E-state index is 13.9. The van der Waals surface area contributed by atoms with E-state index in [0.717, 1.165) is 23.3 Å². The van der Waals surface area contributed by atoms with Crippen molar-refractivity contribution in [3.8, 4) is 0 Å². The molecule has 0 amide bonds. The molecule has 1 aromatic heterocycles. The van der Waals surface area contributed by atoms with Crippen molar-refractivity contribution in [1.82, 2.24) is 4.57 Å². The number of sulfone groups is 1. The molecule has 0 radical (unpaired) electrons. The zero-order chi connectivity index (χ0) is 21.5. The SMILES string of the molecule is Cc1ccc(S(=O)(=O)c2cn(Cc3ccccc3)c3cc(F)c(F)cc3c2=O)cc1. The predicted molar refractivity (Wildman–Crippen MR) is 110 cm³/mol. The topological polar surface area (TPSA) is 56.1 Å². The molecule has 3 aromatic carbocycles. The summed E-state index contributed by atoms with van der Waals surface area (Å²) in [6.07, 6.45) is 1.20. The van der Waals surface area contributed by atoms with Crippen LogP contribution in [0.2, 0.25) is 0 Å². The highest BCUT2D eigenvalue weighted by Crippen LogP contribution is 2.24. The zero-order valence-corrected chi connectivity index (χ0v) is 16.8. The summed E-state index contributed by atoms with van der Waals surface area (Å²) in [6, 6.07) is 16.8. The van der Waals surface area contributed by atoms with Crippen LogP contribution in [0, 0.1) is 18.6 Å². The Labute approximate surface area is 172 Å². The highest BCUT2D eigenvalue weighted by Gasteiger charge is 2.24. The first-order valence-electron chi connectivity index (χ1n) is 9.15. The molecule has 7 heteroatoms. The molecule has 152 valence electrons. The standard InChI is InChI=1S/C23H17F2NO3S/c1-15-7-9-17(10-8-15)30(28,29)22-14-26(13-16-5-3-2-4-6-16)21-12-20(25)19(24)11-18(21)23(22)27/h2-12,14H,13H2,1H3. The smallest absolute Gasteiger partial charge is 0.211 e. The van der Waals surface area contributed by atoms with Crippen LogP contribution in [0.3, 0.4) is 0 Å². The van der Waals surface area contributed by atoms with Gasteiger partial charge in [-0.3, -0.25) is 4.79 Å². The van der Waals surface area contributed by atoms with Gasteiger partial charge < -0.3 is 4.57 Å². The molecule has 0 aliphatic carbocycles. The van der Waals surface area contributed by atoms with Crippen molar-refractivity contribution < 1.29 is 17.2 Å². The summed E-state index contributed by atoms with van der Waals surface area (Å²) >= 11 is 0. The van der Waals surface area contributed by atoms with E-state index in [9.17, 15) is 22.0 Å². The van der Waals surface area contributed by atoms with Crippen molar-refractivity contribution in [1.29, 1.82) is 0 Å². The third-order valence-corrected chi connectivity index (χ3v) is 6.67. The van der Waals surface area contributed by atoms with E-state index in [2.05, 4.69) is 0 Å². The van der Waals surface area contributed by atoms with Gasteiger partial charge in [0.1, 0.15) is 4.90 Å². The zero-order valence-electron chi connectivity index (χ0n) is 16.0. The van der Waals surface area contributed by atoms with E-state index in [1.807, 2.05) is 37.3 Å². The molecule has 0 aliphatic heterocycles. The predicted octanol–water partition coefficient (Wildman–Crippen LogP) is 4.47. The van der Waals surface area contributed by atoms with Crippen molar-refractivity contribution in [3.63, 3.8) is 0 Å². The molecule has 0 unspecified atom stereocenters. The Morgan fingerprint density at radius 2 is 1.53 bits per heavy atom. The van der Waals surface area contributed by atoms with Crippen molar-refractivity contribution in [3.05, 3.63) is 106 Å². The molecule has 0 saturated carbocycles. The summed E-state index contributed by atoms with van der Waals surface area (Å²) in [5.41, 5.74) is 0.928. The Morgan fingerprint density at radius 3 is 2.20 bits per heavy atom. The van der Waals surface area contributed by atoms with E-state index < -0.39 is 31.8 Å². The monoisotopic (exact) mass is 425 g/mol. The molecule has 4 aromatic rings. The fourth-order valence-corrected chi connectivity index (χ4v) is 4.67. The lowest BCUT2D eigenvalue weighted by Gasteiger charge is -2.14. The molecule has 0 spiro atoms. The summed E-state index contributed by atoms with van der Waals surface area (Å²) < 4.78 is 55.7. The van der Waals surface area contributed by atoms with Crippen LogP contribution in [-0.2, 0) is 16.4 Å². The molecule has 4 rings (SSSR count). The number of rotatable bonds is 4. The second kappa shape index (κ2) is 7.50. The first-order valence-corrected chi connectivity index (χ1v) is 10.6. The van der Waals surface area contributed by atoms with Crippen LogP contribution in [0.15, 0.2) is 87.5 Å². The fourth-order valence-electron chi connectivity index (χ4n) is 3.31. The maximum absolute atomic E-state index is 13.9. The van der Waals surface area contributed by atoms with Gasteiger partial charge >= 0.3 is 0 Å². The number of aryl methyl sites for hydroxylation is 1. The largest absolute Gasteiger partial charge is 0.341 e. The number of aromatic nitrogens is 1. The van der Waals surface area contributed by atoms with E-state index in [-0.39, 0.29) is 22.3 Å². The molecule has 0 bridgehead atoms. The summed E-state index contributed by atoms with van der Waals surface area (Å²) in [4.78, 5) is 12.5. The Bertz CT molecular complexity index is 1410. The van der Waals surface area contributed by atoms with Crippen LogP contribution in [0.1, 0.15) is 11.1 Å². The summed E-state index contributed by atoms with van der Waals surface area (Å²) in [7, 11) is -4.17. The van der Waals surface area contributed by atoms with E-state index in [4.69, 9.17) is 0 Å². The summed E-state index contributed by atoms with van der Waals surface area (Å²) in [5.74, 6) is -2.33. The molecular weight excluding hydrogens is 408 g/mol. The number of pyridine rings is 1. The molecular formula is C23H17F2NO3S. The van der Waals surface area contributed by atoms with Crippen molar-refractivity contribution in [2.45, 2.75) is 23.3 Å². The molecule has 30 heavy (non-hydrogen) atoms. The number of fused-ring (bicyclic) bond motifs is 1. The summed E-state index contributed by atoms with van der Waals surface area (Å²) in [6.45, 7) is 2.00. The number of nitrogens with zero attached hydrogens (tertiary/aromatic N) is 1. The Balaban J connectivity index is 2.01. The normalized spacial score (nSPS) is 11.7. The summed E-state index contributed by atoms with van der Waals surface area (Å²) in [5, 5.41) is -0.196. The average molecular weight is 425 g/mol. The van der Waals surface area contributed by atoms with E-state index in [1.165, 1.54) is 22.9 Å². The van der Waals surface area contributed by atoms with Crippen LogP contribution >= 0.6 is 0 Å². The van der Waals surface area contributed by atoms with Gasteiger partial charge in [-0.25, -0.2) is 17.2 Å². The average Bonchev–Trinajstić information content (AvgIpc) is 2.72. The Kier molecular flexibility index (Phi) is 4.99. The second-order valence-corrected chi connectivity index (χ2v) is 8.95. The number of halogens is 2. The second-order valence-electron chi connectivity index (χ2n) is 7.04. The van der Waals surface area contributed by atoms with Gasteiger partial charge in [-0.05, 0) is 30.7 Å². The van der Waals surface area contributed by atoms with Crippen molar-refractivity contribution in [2.24, 2.45) is 0 Å². The van der Waals surface area contributed by atoms with Gasteiger partial charge in [0.2, 0.25) is 15.3 Å². The van der Waals surface area contributed by atoms with Crippen molar-refractivity contribution in [2.75, 3.05) is 0 Å². The molecule has 0 saturated heterocycles. The van der Waals surface area contributed by atoms with Gasteiger partial charge in [-0.2, -0.15) is 0 Å². The van der Waals surface area contributed by atoms with E-state index in [1.54, 1.807) is 12.1 Å². The highest BCUT2D eigenvalue weighted by atomic mass is 32.2. The van der Waals surface area contributed by atoms with Crippen LogP contribution in [0.5, 0.6) is 0 Å². The molecule has 0 fully saturated rings. The number of benzene rings is 3. The number of hydrogen-bond donors (Lipinski definition) is 0. The molecule has 0 atom stereocenters. The van der Waals surface area contributed by atoms with Crippen molar-refractivity contribution >= 4 is 20.7 Å².